The Labute approximate surface area is 135 Å². The quantitative estimate of drug-likeness (QED) is 0.413. The van der Waals surface area contributed by atoms with Crippen LogP contribution in [0.15, 0.2) is 46.7 Å². The van der Waals surface area contributed by atoms with Crippen LogP contribution >= 0.6 is 0 Å². The molecule has 3 aromatic rings. The first kappa shape index (κ1) is 17.8. The van der Waals surface area contributed by atoms with Gasteiger partial charge in [-0.25, -0.2) is 9.78 Å². The number of H-pyrrole nitrogens is 1. The first-order chi connectivity index (χ1) is 11.8. The summed E-state index contributed by atoms with van der Waals surface area (Å²) in [5.41, 5.74) is 0.629. The van der Waals surface area contributed by atoms with Crippen molar-refractivity contribution in [2.24, 2.45) is 5.16 Å². The van der Waals surface area contributed by atoms with Crippen LogP contribution in [0.4, 0.5) is 13.2 Å². The van der Waals surface area contributed by atoms with E-state index < -0.39 is 12.1 Å². The molecule has 0 aliphatic carbocycles. The van der Waals surface area contributed by atoms with Gasteiger partial charge in [-0.15, -0.1) is 0 Å². The number of nitrogens with zero attached hydrogens (tertiary/aromatic N) is 3. The number of rotatable bonds is 0. The van der Waals surface area contributed by atoms with Crippen molar-refractivity contribution >= 4 is 27.9 Å². The number of aromatic amines is 1. The zero-order valence-electron chi connectivity index (χ0n) is 12.2. The molecule has 130 valence electrons. The Bertz CT molecular complexity index is 1060. The first-order valence-corrected chi connectivity index (χ1v) is 6.49. The summed E-state index contributed by atoms with van der Waals surface area (Å²) in [5, 5.41) is 20.1. The highest BCUT2D eigenvalue weighted by Gasteiger charge is 2.38. The Kier molecular flexibility index (Phi) is 4.96. The van der Waals surface area contributed by atoms with E-state index >= 15 is 0 Å². The molecule has 0 aliphatic heterocycles. The topological polar surface area (TPSA) is 129 Å². The van der Waals surface area contributed by atoms with Crippen molar-refractivity contribution in [1.29, 1.82) is 0 Å². The van der Waals surface area contributed by atoms with Gasteiger partial charge >= 0.3 is 12.1 Å². The molecule has 0 unspecified atom stereocenters. The maximum atomic E-state index is 12.2. The van der Waals surface area contributed by atoms with E-state index in [0.717, 1.165) is 0 Å². The Morgan fingerprint density at radius 2 is 1.88 bits per heavy atom. The number of pyridine rings is 2. The lowest BCUT2D eigenvalue weighted by Gasteiger charge is -1.93. The van der Waals surface area contributed by atoms with Gasteiger partial charge in [0.25, 0.3) is 0 Å². The van der Waals surface area contributed by atoms with Crippen molar-refractivity contribution in [3.05, 3.63) is 52.4 Å². The molecule has 3 heterocycles. The molecule has 0 aromatic carbocycles. The van der Waals surface area contributed by atoms with Crippen LogP contribution in [0.25, 0.3) is 21.9 Å². The zero-order valence-corrected chi connectivity index (χ0v) is 12.2. The lowest BCUT2D eigenvalue weighted by atomic mass is 10.2. The second-order valence-corrected chi connectivity index (χ2v) is 4.53. The van der Waals surface area contributed by atoms with E-state index in [2.05, 4.69) is 20.1 Å². The van der Waals surface area contributed by atoms with Gasteiger partial charge in [0, 0.05) is 17.8 Å². The first-order valence-electron chi connectivity index (χ1n) is 6.49. The van der Waals surface area contributed by atoms with Crippen LogP contribution in [0, 0.1) is 0 Å². The molecule has 0 atom stereocenters. The van der Waals surface area contributed by atoms with Crippen LogP contribution < -0.4 is 10.8 Å². The third-order valence-electron chi connectivity index (χ3n) is 2.94. The Morgan fingerprint density at radius 1 is 1.20 bits per heavy atom. The Balaban J connectivity index is 0.000000277. The fourth-order valence-electron chi connectivity index (χ4n) is 1.87. The molecule has 0 radical (unpaired) electrons. The molecule has 0 spiro atoms. The molecule has 0 saturated heterocycles. The number of hydrogen-bond donors (Lipinski definition) is 3. The smallest absolute Gasteiger partial charge is 0.475 e. The highest BCUT2D eigenvalue weighted by molar-refractivity contribution is 5.84. The Hall–Kier alpha value is -3.50. The lowest BCUT2D eigenvalue weighted by Crippen LogP contribution is -2.23. The van der Waals surface area contributed by atoms with Gasteiger partial charge in [0.05, 0.1) is 17.1 Å². The summed E-state index contributed by atoms with van der Waals surface area (Å²) in [4.78, 5) is 32.2. The van der Waals surface area contributed by atoms with Gasteiger partial charge < -0.3 is 15.3 Å². The van der Waals surface area contributed by atoms with Crippen LogP contribution in [0.5, 0.6) is 0 Å². The number of halogens is 3. The summed E-state index contributed by atoms with van der Waals surface area (Å²) in [6, 6.07) is 4.89. The van der Waals surface area contributed by atoms with E-state index in [1.165, 1.54) is 6.20 Å². The van der Waals surface area contributed by atoms with E-state index in [4.69, 9.17) is 15.1 Å². The van der Waals surface area contributed by atoms with Gasteiger partial charge in [-0.05, 0) is 18.2 Å². The predicted octanol–water partition coefficient (Wildman–Crippen LogP) is 1.39. The SMILES string of the molecule is O=C(O)C(F)(F)F.O=c1/c(=N\O)c2ccncc2[nH]c2ncccc12. The molecule has 3 rings (SSSR count). The number of hydrogen-bond acceptors (Lipinski definition) is 6. The van der Waals surface area contributed by atoms with Gasteiger partial charge in [-0.2, -0.15) is 13.2 Å². The molecule has 3 N–H and O–H groups in total. The normalized spacial score (nSPS) is 11.9. The van der Waals surface area contributed by atoms with Crippen LogP contribution in [0.1, 0.15) is 0 Å². The zero-order chi connectivity index (χ0) is 18.6. The predicted molar refractivity (Wildman–Crippen MR) is 78.7 cm³/mol. The van der Waals surface area contributed by atoms with E-state index in [1.807, 2.05) is 0 Å². The summed E-state index contributed by atoms with van der Waals surface area (Å²) in [6.07, 6.45) is -0.420. The summed E-state index contributed by atoms with van der Waals surface area (Å²) in [5.74, 6) is -2.76. The van der Waals surface area contributed by atoms with Crippen LogP contribution in [-0.2, 0) is 4.79 Å². The van der Waals surface area contributed by atoms with E-state index in [1.54, 1.807) is 30.6 Å². The maximum Gasteiger partial charge on any atom is 0.490 e. The number of alkyl halides is 3. The third kappa shape index (κ3) is 3.88. The van der Waals surface area contributed by atoms with Gasteiger partial charge in [0.1, 0.15) is 5.65 Å². The monoisotopic (exact) mass is 354 g/mol. The number of aromatic nitrogens is 3. The lowest BCUT2D eigenvalue weighted by molar-refractivity contribution is -0.192. The second-order valence-electron chi connectivity index (χ2n) is 4.53. The molecule has 3 aromatic heterocycles. The van der Waals surface area contributed by atoms with Crippen molar-refractivity contribution in [2.45, 2.75) is 6.18 Å². The molecule has 8 nitrogen and oxygen atoms in total. The number of fused-ring (bicyclic) bond motifs is 2. The summed E-state index contributed by atoms with van der Waals surface area (Å²) < 4.78 is 31.7. The number of aliphatic carboxylic acids is 1. The number of nitrogens with one attached hydrogen (secondary N) is 1. The fraction of sp³-hybridized carbons (Fsp3) is 0.0714. The van der Waals surface area contributed by atoms with Crippen molar-refractivity contribution in [1.82, 2.24) is 15.0 Å². The van der Waals surface area contributed by atoms with Crippen LogP contribution in [0.3, 0.4) is 0 Å². The molecule has 0 bridgehead atoms. The minimum atomic E-state index is -5.08. The second kappa shape index (κ2) is 6.95. The standard InChI is InChI=1S/C12H8N4O2.C2HF3O2/c17-11-8-2-1-4-14-12(8)15-9-6-13-5-3-7(9)10(11)16-18;3-2(4,5)1(6)7/h1-6,18H,(H,14,15);(H,6,7)/b16-10-;. The molecular formula is C14H9F3N4O4. The molecule has 0 aliphatic rings. The average molecular weight is 354 g/mol. The number of carboxylic acid groups (broad SMARTS) is 1. The van der Waals surface area contributed by atoms with Crippen molar-refractivity contribution < 1.29 is 28.3 Å². The highest BCUT2D eigenvalue weighted by atomic mass is 19.4. The van der Waals surface area contributed by atoms with E-state index in [0.29, 0.717) is 21.9 Å². The minimum Gasteiger partial charge on any atom is -0.475 e. The number of carbonyl (C=O) groups is 1. The summed E-state index contributed by atoms with van der Waals surface area (Å²) in [6.45, 7) is 0. The van der Waals surface area contributed by atoms with Crippen molar-refractivity contribution in [3.63, 3.8) is 0 Å². The minimum absolute atomic E-state index is 0.0216. The van der Waals surface area contributed by atoms with Crippen molar-refractivity contribution in [3.8, 4) is 0 Å². The van der Waals surface area contributed by atoms with Crippen molar-refractivity contribution in [2.75, 3.05) is 0 Å². The number of carboxylic acids is 1. The van der Waals surface area contributed by atoms with Crippen LogP contribution in [-0.4, -0.2) is 37.4 Å². The van der Waals surface area contributed by atoms with E-state index in [9.17, 15) is 18.0 Å². The summed E-state index contributed by atoms with van der Waals surface area (Å²) in [7, 11) is 0. The fourth-order valence-corrected chi connectivity index (χ4v) is 1.87. The van der Waals surface area contributed by atoms with Gasteiger partial charge in [-0.3, -0.25) is 9.78 Å². The van der Waals surface area contributed by atoms with Gasteiger partial charge in [-0.1, -0.05) is 5.16 Å². The van der Waals surface area contributed by atoms with Gasteiger partial charge in [0.2, 0.25) is 5.43 Å². The molecule has 0 amide bonds. The Morgan fingerprint density at radius 3 is 2.48 bits per heavy atom. The van der Waals surface area contributed by atoms with Gasteiger partial charge in [0.15, 0.2) is 5.36 Å². The largest absolute Gasteiger partial charge is 0.490 e. The molecular weight excluding hydrogens is 345 g/mol. The summed E-state index contributed by atoms with van der Waals surface area (Å²) >= 11 is 0. The average Bonchev–Trinajstić information content (AvgIpc) is 2.68. The third-order valence-corrected chi connectivity index (χ3v) is 2.94. The maximum absolute atomic E-state index is 12.2. The highest BCUT2D eigenvalue weighted by Crippen LogP contribution is 2.13. The molecule has 0 saturated carbocycles. The molecule has 0 fully saturated rings. The van der Waals surface area contributed by atoms with Crippen LogP contribution in [0.2, 0.25) is 0 Å². The molecule has 25 heavy (non-hydrogen) atoms. The molecule has 11 heteroatoms. The van der Waals surface area contributed by atoms with E-state index in [-0.39, 0.29) is 10.8 Å².